The van der Waals surface area contributed by atoms with Crippen LogP contribution >= 0.6 is 0 Å². The fourth-order valence-corrected chi connectivity index (χ4v) is 2.07. The van der Waals surface area contributed by atoms with Gasteiger partial charge in [-0.15, -0.1) is 0 Å². The van der Waals surface area contributed by atoms with Crippen molar-refractivity contribution in [2.75, 3.05) is 36.8 Å². The largest absolute Gasteiger partial charge is 0.342 e. The van der Waals surface area contributed by atoms with Gasteiger partial charge >= 0.3 is 6.03 Å². The lowest BCUT2D eigenvalue weighted by Crippen LogP contribution is -2.49. The first-order valence-corrected chi connectivity index (χ1v) is 6.71. The topological polar surface area (TPSA) is 81.8 Å². The molecule has 0 unspecified atom stereocenters. The molecule has 1 saturated heterocycles. The van der Waals surface area contributed by atoms with Crippen LogP contribution in [-0.2, 0) is 9.59 Å². The second kappa shape index (κ2) is 6.74. The summed E-state index contributed by atoms with van der Waals surface area (Å²) >= 11 is 0. The first-order valence-electron chi connectivity index (χ1n) is 6.71. The molecule has 4 amide bonds. The molecule has 0 spiro atoms. The van der Waals surface area contributed by atoms with Crippen molar-refractivity contribution in [2.24, 2.45) is 0 Å². The molecule has 112 valence electrons. The molecule has 1 aliphatic rings. The van der Waals surface area contributed by atoms with Crippen LogP contribution in [0.15, 0.2) is 24.3 Å². The normalized spacial score (nSPS) is 14.5. The Morgan fingerprint density at radius 2 is 1.52 bits per heavy atom. The highest BCUT2D eigenvalue weighted by atomic mass is 16.2. The number of amides is 4. The zero-order chi connectivity index (χ0) is 15.2. The van der Waals surface area contributed by atoms with Crippen LogP contribution in [0.1, 0.15) is 6.92 Å². The number of rotatable bonds is 3. The molecule has 1 aromatic rings. The molecule has 7 heteroatoms. The average Bonchev–Trinajstić information content (AvgIpc) is 2.49. The molecular weight excluding hydrogens is 272 g/mol. The Bertz CT molecular complexity index is 522. The highest BCUT2D eigenvalue weighted by Crippen LogP contribution is 2.14. The SMILES string of the molecule is CC(=O)Nc1ccc(NC(=O)N2CCN(C=O)CC2)cc1. The summed E-state index contributed by atoms with van der Waals surface area (Å²) in [6.07, 6.45) is 0.802. The highest BCUT2D eigenvalue weighted by molar-refractivity contribution is 5.91. The van der Waals surface area contributed by atoms with Crippen molar-refractivity contribution in [3.05, 3.63) is 24.3 Å². The van der Waals surface area contributed by atoms with Gasteiger partial charge < -0.3 is 20.4 Å². The minimum atomic E-state index is -0.187. The standard InChI is InChI=1S/C14H18N4O3/c1-11(20)15-12-2-4-13(5-3-12)16-14(21)18-8-6-17(10-19)7-9-18/h2-5,10H,6-9H2,1H3,(H,15,20)(H,16,21). The maximum absolute atomic E-state index is 12.1. The molecule has 2 N–H and O–H groups in total. The summed E-state index contributed by atoms with van der Waals surface area (Å²) in [5.41, 5.74) is 1.34. The van der Waals surface area contributed by atoms with Crippen LogP contribution in [0.5, 0.6) is 0 Å². The van der Waals surface area contributed by atoms with Gasteiger partial charge in [0.1, 0.15) is 0 Å². The molecule has 1 fully saturated rings. The van der Waals surface area contributed by atoms with Crippen molar-refractivity contribution in [3.8, 4) is 0 Å². The minimum Gasteiger partial charge on any atom is -0.342 e. The first-order chi connectivity index (χ1) is 10.1. The number of urea groups is 1. The summed E-state index contributed by atoms with van der Waals surface area (Å²) < 4.78 is 0. The van der Waals surface area contributed by atoms with Gasteiger partial charge in [0.15, 0.2) is 0 Å². The van der Waals surface area contributed by atoms with E-state index in [1.807, 2.05) is 0 Å². The second-order valence-corrected chi connectivity index (χ2v) is 4.82. The van der Waals surface area contributed by atoms with Gasteiger partial charge in [0.25, 0.3) is 0 Å². The molecule has 1 heterocycles. The van der Waals surface area contributed by atoms with Crippen LogP contribution in [0.25, 0.3) is 0 Å². The minimum absolute atomic E-state index is 0.139. The summed E-state index contributed by atoms with van der Waals surface area (Å²) in [6.45, 7) is 3.59. The van der Waals surface area contributed by atoms with Crippen molar-refractivity contribution in [3.63, 3.8) is 0 Å². The Kier molecular flexibility index (Phi) is 4.76. The van der Waals surface area contributed by atoms with Gasteiger partial charge in [-0.25, -0.2) is 4.79 Å². The van der Waals surface area contributed by atoms with E-state index < -0.39 is 0 Å². The molecule has 0 bridgehead atoms. The lowest BCUT2D eigenvalue weighted by Gasteiger charge is -2.32. The maximum Gasteiger partial charge on any atom is 0.321 e. The van der Waals surface area contributed by atoms with Crippen molar-refractivity contribution in [2.45, 2.75) is 6.92 Å². The monoisotopic (exact) mass is 290 g/mol. The Morgan fingerprint density at radius 3 is 2.00 bits per heavy atom. The Labute approximate surface area is 122 Å². The molecule has 0 atom stereocenters. The van der Waals surface area contributed by atoms with E-state index >= 15 is 0 Å². The number of carbonyl (C=O) groups is 3. The van der Waals surface area contributed by atoms with Crippen LogP contribution < -0.4 is 10.6 Å². The van der Waals surface area contributed by atoms with E-state index in [2.05, 4.69) is 10.6 Å². The van der Waals surface area contributed by atoms with E-state index in [1.165, 1.54) is 6.92 Å². The number of hydrogen-bond acceptors (Lipinski definition) is 3. The van der Waals surface area contributed by atoms with Crippen molar-refractivity contribution in [1.82, 2.24) is 9.80 Å². The van der Waals surface area contributed by atoms with E-state index in [1.54, 1.807) is 34.1 Å². The molecule has 21 heavy (non-hydrogen) atoms. The smallest absolute Gasteiger partial charge is 0.321 e. The molecule has 0 aromatic heterocycles. The van der Waals surface area contributed by atoms with Crippen LogP contribution in [0, 0.1) is 0 Å². The number of nitrogens with one attached hydrogen (secondary N) is 2. The fraction of sp³-hybridized carbons (Fsp3) is 0.357. The van der Waals surface area contributed by atoms with Crippen LogP contribution in [0.4, 0.5) is 16.2 Å². The average molecular weight is 290 g/mol. The quantitative estimate of drug-likeness (QED) is 0.813. The van der Waals surface area contributed by atoms with Gasteiger partial charge in [0.05, 0.1) is 0 Å². The molecule has 7 nitrogen and oxygen atoms in total. The maximum atomic E-state index is 12.1. The molecule has 2 rings (SSSR count). The molecule has 0 radical (unpaired) electrons. The Hall–Kier alpha value is -2.57. The zero-order valence-corrected chi connectivity index (χ0v) is 11.8. The van der Waals surface area contributed by atoms with Crippen LogP contribution in [0.3, 0.4) is 0 Å². The van der Waals surface area contributed by atoms with E-state index in [-0.39, 0.29) is 11.9 Å². The van der Waals surface area contributed by atoms with Gasteiger partial charge in [-0.1, -0.05) is 0 Å². The second-order valence-electron chi connectivity index (χ2n) is 4.82. The summed E-state index contributed by atoms with van der Waals surface area (Å²) in [5, 5.41) is 5.45. The van der Waals surface area contributed by atoms with Gasteiger partial charge in [-0.2, -0.15) is 0 Å². The molecule has 1 aromatic carbocycles. The predicted octanol–water partition coefficient (Wildman–Crippen LogP) is 0.951. The number of carbonyl (C=O) groups excluding carboxylic acids is 3. The number of benzene rings is 1. The van der Waals surface area contributed by atoms with E-state index in [0.29, 0.717) is 37.6 Å². The number of nitrogens with zero attached hydrogens (tertiary/aromatic N) is 2. The van der Waals surface area contributed by atoms with Crippen LogP contribution in [-0.4, -0.2) is 54.3 Å². The number of hydrogen-bond donors (Lipinski definition) is 2. The van der Waals surface area contributed by atoms with Crippen molar-refractivity contribution >= 4 is 29.7 Å². The van der Waals surface area contributed by atoms with Gasteiger partial charge in [-0.3, -0.25) is 9.59 Å². The first kappa shape index (κ1) is 14.8. The fourth-order valence-electron chi connectivity index (χ4n) is 2.07. The molecular formula is C14H18N4O3. The lowest BCUT2D eigenvalue weighted by molar-refractivity contribution is -0.119. The van der Waals surface area contributed by atoms with E-state index in [9.17, 15) is 14.4 Å². The van der Waals surface area contributed by atoms with E-state index in [4.69, 9.17) is 0 Å². The Balaban J connectivity index is 1.88. The summed E-state index contributed by atoms with van der Waals surface area (Å²) in [6, 6.07) is 6.71. The summed E-state index contributed by atoms with van der Waals surface area (Å²) in [5.74, 6) is -0.139. The third kappa shape index (κ3) is 4.20. The van der Waals surface area contributed by atoms with E-state index in [0.717, 1.165) is 6.41 Å². The zero-order valence-electron chi connectivity index (χ0n) is 11.8. The lowest BCUT2D eigenvalue weighted by atomic mass is 10.2. The third-order valence-corrected chi connectivity index (χ3v) is 3.21. The number of anilines is 2. The van der Waals surface area contributed by atoms with Crippen molar-refractivity contribution in [1.29, 1.82) is 0 Å². The van der Waals surface area contributed by atoms with Gasteiger partial charge in [-0.05, 0) is 24.3 Å². The highest BCUT2D eigenvalue weighted by Gasteiger charge is 2.19. The molecule has 0 saturated carbocycles. The Morgan fingerprint density at radius 1 is 1.00 bits per heavy atom. The van der Waals surface area contributed by atoms with Gasteiger partial charge in [0, 0.05) is 44.5 Å². The van der Waals surface area contributed by atoms with Crippen LogP contribution in [0.2, 0.25) is 0 Å². The number of piperazine rings is 1. The molecule has 0 aliphatic carbocycles. The molecule has 1 aliphatic heterocycles. The predicted molar refractivity (Wildman–Crippen MR) is 79.0 cm³/mol. The third-order valence-electron chi connectivity index (χ3n) is 3.21. The van der Waals surface area contributed by atoms with Gasteiger partial charge in [0.2, 0.25) is 12.3 Å². The summed E-state index contributed by atoms with van der Waals surface area (Å²) in [7, 11) is 0. The van der Waals surface area contributed by atoms with Crippen molar-refractivity contribution < 1.29 is 14.4 Å². The summed E-state index contributed by atoms with van der Waals surface area (Å²) in [4.78, 5) is 36.9.